The molecule has 2 heteroatoms. The van der Waals surface area contributed by atoms with E-state index in [0.717, 1.165) is 25.5 Å². The topological polar surface area (TPSA) is 34.1 Å². The minimum atomic E-state index is 0.321. The number of ketones is 1. The van der Waals surface area contributed by atoms with Gasteiger partial charge in [-0.05, 0) is 24.8 Å². The van der Waals surface area contributed by atoms with E-state index in [1.807, 2.05) is 6.08 Å². The molecule has 1 saturated carbocycles. The van der Waals surface area contributed by atoms with Crippen LogP contribution in [0.4, 0.5) is 0 Å². The van der Waals surface area contributed by atoms with Crippen molar-refractivity contribution in [2.75, 3.05) is 0 Å². The quantitative estimate of drug-likeness (QED) is 0.444. The highest BCUT2D eigenvalue weighted by molar-refractivity contribution is 5.79. The zero-order valence-corrected chi connectivity index (χ0v) is 6.45. The van der Waals surface area contributed by atoms with Gasteiger partial charge in [0.15, 0.2) is 0 Å². The molecular weight excluding hydrogens is 140 g/mol. The lowest BCUT2D eigenvalue weighted by Crippen LogP contribution is -2.12. The Morgan fingerprint density at radius 1 is 1.45 bits per heavy atom. The molecule has 1 fully saturated rings. The SMILES string of the molecule is O=CC=CC1CCCC(=O)C1. The molecule has 1 rings (SSSR count). The van der Waals surface area contributed by atoms with Crippen molar-refractivity contribution in [2.24, 2.45) is 5.92 Å². The third-order valence-corrected chi connectivity index (χ3v) is 1.98. The Morgan fingerprint density at radius 2 is 2.27 bits per heavy atom. The summed E-state index contributed by atoms with van der Waals surface area (Å²) in [4.78, 5) is 20.9. The molecule has 0 amide bonds. The van der Waals surface area contributed by atoms with Crippen LogP contribution in [0.3, 0.4) is 0 Å². The average Bonchev–Trinajstić information content (AvgIpc) is 2.01. The van der Waals surface area contributed by atoms with Gasteiger partial charge in [-0.2, -0.15) is 0 Å². The van der Waals surface area contributed by atoms with Gasteiger partial charge in [0.25, 0.3) is 0 Å². The van der Waals surface area contributed by atoms with E-state index >= 15 is 0 Å². The molecule has 0 N–H and O–H groups in total. The van der Waals surface area contributed by atoms with Gasteiger partial charge >= 0.3 is 0 Å². The van der Waals surface area contributed by atoms with Gasteiger partial charge in [0, 0.05) is 12.8 Å². The first-order chi connectivity index (χ1) is 5.33. The molecule has 1 aliphatic carbocycles. The van der Waals surface area contributed by atoms with Gasteiger partial charge in [-0.25, -0.2) is 0 Å². The maximum atomic E-state index is 10.9. The molecule has 1 atom stereocenters. The van der Waals surface area contributed by atoms with Crippen LogP contribution in [0.5, 0.6) is 0 Å². The molecule has 0 radical (unpaired) electrons. The van der Waals surface area contributed by atoms with Crippen molar-refractivity contribution in [3.8, 4) is 0 Å². The molecule has 11 heavy (non-hydrogen) atoms. The predicted octanol–water partition coefficient (Wildman–Crippen LogP) is 1.50. The zero-order chi connectivity index (χ0) is 8.10. The van der Waals surface area contributed by atoms with Crippen molar-refractivity contribution in [1.29, 1.82) is 0 Å². The molecule has 2 nitrogen and oxygen atoms in total. The van der Waals surface area contributed by atoms with E-state index in [-0.39, 0.29) is 0 Å². The van der Waals surface area contributed by atoms with Crippen LogP contribution in [0.25, 0.3) is 0 Å². The molecular formula is C9H12O2. The largest absolute Gasteiger partial charge is 0.300 e. The van der Waals surface area contributed by atoms with Crippen molar-refractivity contribution >= 4 is 12.1 Å². The Morgan fingerprint density at radius 3 is 2.91 bits per heavy atom. The molecule has 0 spiro atoms. The molecule has 60 valence electrons. The number of rotatable bonds is 2. The predicted molar refractivity (Wildman–Crippen MR) is 42.2 cm³/mol. The number of carbonyl (C=O) groups is 2. The molecule has 1 unspecified atom stereocenters. The number of allylic oxidation sites excluding steroid dienone is 2. The fraction of sp³-hybridized carbons (Fsp3) is 0.556. The van der Waals surface area contributed by atoms with Gasteiger partial charge in [0.05, 0.1) is 0 Å². The van der Waals surface area contributed by atoms with E-state index in [2.05, 4.69) is 0 Å². The van der Waals surface area contributed by atoms with Crippen molar-refractivity contribution in [3.63, 3.8) is 0 Å². The summed E-state index contributed by atoms with van der Waals surface area (Å²) in [5.41, 5.74) is 0. The molecule has 0 aliphatic heterocycles. The highest BCUT2D eigenvalue weighted by Crippen LogP contribution is 2.21. The molecule has 0 aromatic carbocycles. The molecule has 0 heterocycles. The van der Waals surface area contributed by atoms with Crippen molar-refractivity contribution in [2.45, 2.75) is 25.7 Å². The summed E-state index contributed by atoms with van der Waals surface area (Å²) >= 11 is 0. The van der Waals surface area contributed by atoms with Crippen LogP contribution in [0.15, 0.2) is 12.2 Å². The summed E-state index contributed by atoms with van der Waals surface area (Å²) in [5.74, 6) is 0.651. The second-order valence-electron chi connectivity index (χ2n) is 2.92. The average molecular weight is 152 g/mol. The van der Waals surface area contributed by atoms with Crippen LogP contribution < -0.4 is 0 Å². The van der Waals surface area contributed by atoms with E-state index in [1.54, 1.807) is 0 Å². The van der Waals surface area contributed by atoms with Crippen LogP contribution in [-0.4, -0.2) is 12.1 Å². The summed E-state index contributed by atoms with van der Waals surface area (Å²) < 4.78 is 0. The molecule has 1 aliphatic rings. The minimum Gasteiger partial charge on any atom is -0.300 e. The van der Waals surface area contributed by atoms with E-state index in [4.69, 9.17) is 0 Å². The van der Waals surface area contributed by atoms with Crippen LogP contribution in [-0.2, 0) is 9.59 Å². The smallest absolute Gasteiger partial charge is 0.142 e. The fourth-order valence-corrected chi connectivity index (χ4v) is 1.42. The Bertz CT molecular complexity index is 182. The number of hydrogen-bond acceptors (Lipinski definition) is 2. The molecule has 0 bridgehead atoms. The lowest BCUT2D eigenvalue weighted by molar-refractivity contribution is -0.121. The van der Waals surface area contributed by atoms with Crippen LogP contribution >= 0.6 is 0 Å². The van der Waals surface area contributed by atoms with E-state index in [0.29, 0.717) is 18.1 Å². The van der Waals surface area contributed by atoms with Crippen LogP contribution in [0.2, 0.25) is 0 Å². The zero-order valence-electron chi connectivity index (χ0n) is 6.45. The molecule has 0 saturated heterocycles. The molecule has 0 aromatic rings. The van der Waals surface area contributed by atoms with Gasteiger partial charge < -0.3 is 0 Å². The fourth-order valence-electron chi connectivity index (χ4n) is 1.42. The summed E-state index contributed by atoms with van der Waals surface area (Å²) in [6, 6.07) is 0. The van der Waals surface area contributed by atoms with Gasteiger partial charge in [0.2, 0.25) is 0 Å². The third kappa shape index (κ3) is 2.66. The number of carbonyl (C=O) groups excluding carboxylic acids is 2. The second kappa shape index (κ2) is 4.06. The number of hydrogen-bond donors (Lipinski definition) is 0. The maximum absolute atomic E-state index is 10.9. The highest BCUT2D eigenvalue weighted by atomic mass is 16.1. The lowest BCUT2D eigenvalue weighted by Gasteiger charge is -2.16. The van der Waals surface area contributed by atoms with Crippen molar-refractivity contribution in [1.82, 2.24) is 0 Å². The first-order valence-electron chi connectivity index (χ1n) is 3.96. The van der Waals surface area contributed by atoms with Crippen LogP contribution in [0, 0.1) is 5.92 Å². The van der Waals surface area contributed by atoms with Gasteiger partial charge in [-0.1, -0.05) is 6.08 Å². The lowest BCUT2D eigenvalue weighted by atomic mass is 9.88. The summed E-state index contributed by atoms with van der Waals surface area (Å²) in [7, 11) is 0. The standard InChI is InChI=1S/C9H12O2/c10-6-2-4-8-3-1-5-9(11)7-8/h2,4,6,8H,1,3,5,7H2. The van der Waals surface area contributed by atoms with E-state index in [9.17, 15) is 9.59 Å². The number of Topliss-reactive ketones (excluding diaryl/α,β-unsaturated/α-hetero) is 1. The Labute approximate surface area is 66.3 Å². The Balaban J connectivity index is 2.39. The van der Waals surface area contributed by atoms with Gasteiger partial charge in [0.1, 0.15) is 12.1 Å². The second-order valence-corrected chi connectivity index (χ2v) is 2.92. The first-order valence-corrected chi connectivity index (χ1v) is 3.96. The summed E-state index contributed by atoms with van der Waals surface area (Å²) in [5, 5.41) is 0. The van der Waals surface area contributed by atoms with Crippen molar-refractivity contribution in [3.05, 3.63) is 12.2 Å². The van der Waals surface area contributed by atoms with Crippen molar-refractivity contribution < 1.29 is 9.59 Å². The summed E-state index contributed by atoms with van der Waals surface area (Å²) in [6.07, 6.45) is 7.48. The van der Waals surface area contributed by atoms with Gasteiger partial charge in [-0.3, -0.25) is 9.59 Å². The normalized spacial score (nSPS) is 25.8. The number of aldehydes is 1. The Kier molecular flexibility index (Phi) is 3.02. The van der Waals surface area contributed by atoms with Crippen LogP contribution in [0.1, 0.15) is 25.7 Å². The third-order valence-electron chi connectivity index (χ3n) is 1.98. The highest BCUT2D eigenvalue weighted by Gasteiger charge is 2.16. The molecule has 0 aromatic heterocycles. The first kappa shape index (κ1) is 8.18. The maximum Gasteiger partial charge on any atom is 0.142 e. The van der Waals surface area contributed by atoms with E-state index < -0.39 is 0 Å². The Hall–Kier alpha value is -0.920. The van der Waals surface area contributed by atoms with Gasteiger partial charge in [-0.15, -0.1) is 0 Å². The van der Waals surface area contributed by atoms with E-state index in [1.165, 1.54) is 6.08 Å². The summed E-state index contributed by atoms with van der Waals surface area (Å²) in [6.45, 7) is 0. The minimum absolute atomic E-state index is 0.321. The monoisotopic (exact) mass is 152 g/mol.